The molecule has 0 bridgehead atoms. The normalized spacial score (nSPS) is 21.6. The second-order valence-corrected chi connectivity index (χ2v) is 10.5. The molecule has 1 aromatic carbocycles. The molecule has 0 spiro atoms. The van der Waals surface area contributed by atoms with E-state index in [0.29, 0.717) is 0 Å². The minimum absolute atomic E-state index is 0.123. The maximum Gasteiger partial charge on any atom is 0.408 e. The monoisotopic (exact) mass is 386 g/mol. The first kappa shape index (κ1) is 21.2. The number of rotatable bonds is 4. The van der Waals surface area contributed by atoms with Crippen LogP contribution >= 0.6 is 0 Å². The van der Waals surface area contributed by atoms with Gasteiger partial charge in [0.25, 0.3) is 0 Å². The Morgan fingerprint density at radius 1 is 1.14 bits per heavy atom. The molecule has 1 N–H and O–H groups in total. The highest BCUT2D eigenvalue weighted by molar-refractivity contribution is 5.68. The number of ether oxygens (including phenoxy) is 1. The third-order valence-corrected chi connectivity index (χ3v) is 6.24. The second-order valence-electron chi connectivity index (χ2n) is 10.5. The van der Waals surface area contributed by atoms with E-state index in [1.807, 2.05) is 20.8 Å². The summed E-state index contributed by atoms with van der Waals surface area (Å²) in [4.78, 5) is 15.1. The number of nitrogens with one attached hydrogen (secondary N) is 1. The van der Waals surface area contributed by atoms with Crippen LogP contribution in [-0.2, 0) is 16.7 Å². The summed E-state index contributed by atoms with van der Waals surface area (Å²) in [5.41, 5.74) is 2.50. The van der Waals surface area contributed by atoms with Gasteiger partial charge in [-0.2, -0.15) is 0 Å². The molecule has 3 rings (SSSR count). The third kappa shape index (κ3) is 5.28. The number of nitrogens with zero attached hydrogens (tertiary/aromatic N) is 1. The molecule has 1 saturated carbocycles. The van der Waals surface area contributed by atoms with Gasteiger partial charge in [-0.1, -0.05) is 57.4 Å². The molecule has 0 saturated heterocycles. The molecule has 1 aliphatic heterocycles. The molecule has 4 heteroatoms. The van der Waals surface area contributed by atoms with Crippen LogP contribution in [0.4, 0.5) is 4.79 Å². The highest BCUT2D eigenvalue weighted by Gasteiger charge is 2.37. The van der Waals surface area contributed by atoms with Crippen molar-refractivity contribution in [2.75, 3.05) is 13.1 Å². The van der Waals surface area contributed by atoms with Crippen LogP contribution in [0.3, 0.4) is 0 Å². The Morgan fingerprint density at radius 3 is 2.50 bits per heavy atom. The first-order chi connectivity index (χ1) is 13.1. The van der Waals surface area contributed by atoms with Gasteiger partial charge in [-0.05, 0) is 51.2 Å². The van der Waals surface area contributed by atoms with Crippen molar-refractivity contribution in [1.82, 2.24) is 10.2 Å². The van der Waals surface area contributed by atoms with Crippen molar-refractivity contribution in [3.8, 4) is 0 Å². The zero-order valence-electron chi connectivity index (χ0n) is 18.4. The molecule has 2 aliphatic rings. The minimum Gasteiger partial charge on any atom is -0.444 e. The van der Waals surface area contributed by atoms with Gasteiger partial charge in [0.2, 0.25) is 0 Å². The SMILES string of the molecule is CC(C)(C)OC(=O)NC1(CCN2Cc3ccccc3C(C)(C)C2)CCCCC1. The Morgan fingerprint density at radius 2 is 1.82 bits per heavy atom. The van der Waals surface area contributed by atoms with E-state index >= 15 is 0 Å². The van der Waals surface area contributed by atoms with Gasteiger partial charge in [0.1, 0.15) is 5.60 Å². The van der Waals surface area contributed by atoms with Gasteiger partial charge in [-0.25, -0.2) is 4.79 Å². The first-order valence-corrected chi connectivity index (χ1v) is 10.9. The highest BCUT2D eigenvalue weighted by Crippen LogP contribution is 2.35. The maximum atomic E-state index is 12.5. The van der Waals surface area contributed by atoms with Crippen LogP contribution in [-0.4, -0.2) is 35.2 Å². The fraction of sp³-hybridized carbons (Fsp3) is 0.708. The van der Waals surface area contributed by atoms with Gasteiger partial charge >= 0.3 is 6.09 Å². The van der Waals surface area contributed by atoms with Crippen molar-refractivity contribution in [3.63, 3.8) is 0 Å². The van der Waals surface area contributed by atoms with Crippen molar-refractivity contribution in [1.29, 1.82) is 0 Å². The predicted molar refractivity (Wildman–Crippen MR) is 115 cm³/mol. The molecule has 1 fully saturated rings. The number of alkyl carbamates (subject to hydrolysis) is 1. The molecular formula is C24H38N2O2. The first-order valence-electron chi connectivity index (χ1n) is 10.9. The summed E-state index contributed by atoms with van der Waals surface area (Å²) in [5, 5.41) is 3.28. The van der Waals surface area contributed by atoms with E-state index in [1.54, 1.807) is 0 Å². The molecule has 0 aromatic heterocycles. The predicted octanol–water partition coefficient (Wildman–Crippen LogP) is 5.40. The van der Waals surface area contributed by atoms with Gasteiger partial charge in [-0.15, -0.1) is 0 Å². The van der Waals surface area contributed by atoms with E-state index in [4.69, 9.17) is 4.74 Å². The Bertz CT molecular complexity index is 684. The van der Waals surface area contributed by atoms with Crippen molar-refractivity contribution >= 4 is 6.09 Å². The Hall–Kier alpha value is -1.55. The van der Waals surface area contributed by atoms with Crippen molar-refractivity contribution in [3.05, 3.63) is 35.4 Å². The molecule has 4 nitrogen and oxygen atoms in total. The topological polar surface area (TPSA) is 41.6 Å². The summed E-state index contributed by atoms with van der Waals surface area (Å²) in [6, 6.07) is 8.83. The molecule has 0 unspecified atom stereocenters. The highest BCUT2D eigenvalue weighted by atomic mass is 16.6. The molecule has 1 heterocycles. The molecule has 0 radical (unpaired) electrons. The average Bonchev–Trinajstić information content (AvgIpc) is 2.59. The van der Waals surface area contributed by atoms with Crippen molar-refractivity contribution in [2.45, 2.75) is 96.2 Å². The van der Waals surface area contributed by atoms with Crippen LogP contribution in [0.5, 0.6) is 0 Å². The van der Waals surface area contributed by atoms with E-state index in [-0.39, 0.29) is 17.0 Å². The van der Waals surface area contributed by atoms with E-state index in [1.165, 1.54) is 30.4 Å². The number of amides is 1. The average molecular weight is 387 g/mol. The zero-order valence-corrected chi connectivity index (χ0v) is 18.4. The van der Waals surface area contributed by atoms with E-state index in [2.05, 4.69) is 48.3 Å². The van der Waals surface area contributed by atoms with Gasteiger partial charge in [0.05, 0.1) is 0 Å². The van der Waals surface area contributed by atoms with Crippen LogP contribution in [0.1, 0.15) is 84.3 Å². The van der Waals surface area contributed by atoms with Crippen LogP contribution in [0, 0.1) is 0 Å². The summed E-state index contributed by atoms with van der Waals surface area (Å²) in [6.07, 6.45) is 6.47. The summed E-state index contributed by atoms with van der Waals surface area (Å²) in [6.45, 7) is 13.5. The second kappa shape index (κ2) is 8.06. The van der Waals surface area contributed by atoms with Gasteiger partial charge in [0, 0.05) is 30.6 Å². The third-order valence-electron chi connectivity index (χ3n) is 6.24. The number of carbonyl (C=O) groups excluding carboxylic acids is 1. The number of hydrogen-bond acceptors (Lipinski definition) is 3. The quantitative estimate of drug-likeness (QED) is 0.753. The number of hydrogen-bond donors (Lipinski definition) is 1. The molecule has 28 heavy (non-hydrogen) atoms. The van der Waals surface area contributed by atoms with Crippen LogP contribution < -0.4 is 5.32 Å². The summed E-state index contributed by atoms with van der Waals surface area (Å²) in [7, 11) is 0. The Labute approximate surface area is 171 Å². The lowest BCUT2D eigenvalue weighted by Gasteiger charge is -2.43. The molecule has 1 aromatic rings. The van der Waals surface area contributed by atoms with Crippen molar-refractivity contribution in [2.24, 2.45) is 0 Å². The zero-order chi connectivity index (χ0) is 20.4. The molecular weight excluding hydrogens is 348 g/mol. The number of fused-ring (bicyclic) bond motifs is 1. The van der Waals surface area contributed by atoms with E-state index in [0.717, 1.165) is 38.9 Å². The molecule has 1 aliphatic carbocycles. The minimum atomic E-state index is -0.458. The lowest BCUT2D eigenvalue weighted by molar-refractivity contribution is 0.0398. The van der Waals surface area contributed by atoms with Gasteiger partial charge < -0.3 is 10.1 Å². The smallest absolute Gasteiger partial charge is 0.408 e. The van der Waals surface area contributed by atoms with Gasteiger partial charge in [0.15, 0.2) is 0 Å². The summed E-state index contributed by atoms with van der Waals surface area (Å²) in [5.74, 6) is 0. The van der Waals surface area contributed by atoms with E-state index in [9.17, 15) is 4.79 Å². The lowest BCUT2D eigenvalue weighted by atomic mass is 9.77. The summed E-state index contributed by atoms with van der Waals surface area (Å²) < 4.78 is 5.57. The van der Waals surface area contributed by atoms with Crippen LogP contribution in [0.15, 0.2) is 24.3 Å². The van der Waals surface area contributed by atoms with Crippen LogP contribution in [0.25, 0.3) is 0 Å². The molecule has 0 atom stereocenters. The Balaban J connectivity index is 1.67. The standard InChI is InChI=1S/C24H38N2O2/c1-22(2,3)28-21(27)25-24(13-9-6-10-14-24)15-16-26-17-19-11-7-8-12-20(19)23(4,5)18-26/h7-8,11-12H,6,9-10,13-18H2,1-5H3,(H,25,27). The van der Waals surface area contributed by atoms with E-state index < -0.39 is 5.60 Å². The maximum absolute atomic E-state index is 12.5. The summed E-state index contributed by atoms with van der Waals surface area (Å²) >= 11 is 0. The van der Waals surface area contributed by atoms with Gasteiger partial charge in [-0.3, -0.25) is 4.90 Å². The molecule has 156 valence electrons. The fourth-order valence-corrected chi connectivity index (χ4v) is 4.98. The Kier molecular flexibility index (Phi) is 6.09. The fourth-order valence-electron chi connectivity index (χ4n) is 4.98. The van der Waals surface area contributed by atoms with Crippen molar-refractivity contribution < 1.29 is 9.53 Å². The number of carbonyl (C=O) groups is 1. The van der Waals surface area contributed by atoms with Crippen LogP contribution in [0.2, 0.25) is 0 Å². The molecule has 1 amide bonds. The number of benzene rings is 1. The lowest BCUT2D eigenvalue weighted by Crippen LogP contribution is -2.53. The largest absolute Gasteiger partial charge is 0.444 e.